The standard InChI is InChI=1S/C20H25ClN4O4S/c1-3-28-19(27)14-7-6-10-25(11-14)18(26)13-30-20-23-22-17(24(20)2)12-29-16-9-5-4-8-15(16)21/h4-5,8-9,14H,3,6-7,10-13H2,1-2H3/t14-/m1/s1. The van der Waals surface area contributed by atoms with Crippen LogP contribution >= 0.6 is 23.4 Å². The second-order valence-corrected chi connectivity index (χ2v) is 8.25. The van der Waals surface area contributed by atoms with Crippen molar-refractivity contribution in [1.82, 2.24) is 19.7 Å². The molecule has 3 rings (SSSR count). The molecule has 2 aromatic rings. The minimum absolute atomic E-state index is 0.0223. The summed E-state index contributed by atoms with van der Waals surface area (Å²) in [6.45, 7) is 3.43. The number of thioether (sulfide) groups is 1. The number of carbonyl (C=O) groups is 2. The summed E-state index contributed by atoms with van der Waals surface area (Å²) in [4.78, 5) is 26.3. The lowest BCUT2D eigenvalue weighted by atomic mass is 9.98. The number of halogens is 1. The van der Waals surface area contributed by atoms with Gasteiger partial charge in [-0.25, -0.2) is 0 Å². The van der Waals surface area contributed by atoms with Gasteiger partial charge in [-0.15, -0.1) is 10.2 Å². The number of hydrogen-bond acceptors (Lipinski definition) is 7. The van der Waals surface area contributed by atoms with Crippen LogP contribution in [0.5, 0.6) is 5.75 Å². The number of rotatable bonds is 8. The summed E-state index contributed by atoms with van der Waals surface area (Å²) in [5.41, 5.74) is 0. The number of piperidine rings is 1. The molecule has 0 bridgehead atoms. The second kappa shape index (κ2) is 10.7. The molecule has 0 saturated carbocycles. The third kappa shape index (κ3) is 5.66. The molecule has 0 N–H and O–H groups in total. The van der Waals surface area contributed by atoms with E-state index >= 15 is 0 Å². The zero-order valence-electron chi connectivity index (χ0n) is 17.0. The summed E-state index contributed by atoms with van der Waals surface area (Å²) in [7, 11) is 1.83. The Balaban J connectivity index is 1.51. The van der Waals surface area contributed by atoms with Crippen LogP contribution in [-0.2, 0) is 28.0 Å². The highest BCUT2D eigenvalue weighted by atomic mass is 35.5. The Labute approximate surface area is 184 Å². The number of benzene rings is 1. The highest BCUT2D eigenvalue weighted by Gasteiger charge is 2.29. The van der Waals surface area contributed by atoms with Crippen LogP contribution in [0, 0.1) is 5.92 Å². The van der Waals surface area contributed by atoms with Gasteiger partial charge in [0.25, 0.3) is 0 Å². The minimum atomic E-state index is -0.240. The summed E-state index contributed by atoms with van der Waals surface area (Å²) in [5, 5.41) is 9.45. The van der Waals surface area contributed by atoms with Crippen molar-refractivity contribution < 1.29 is 19.1 Å². The smallest absolute Gasteiger partial charge is 0.310 e. The third-order valence-corrected chi connectivity index (χ3v) is 6.15. The highest BCUT2D eigenvalue weighted by molar-refractivity contribution is 7.99. The van der Waals surface area contributed by atoms with E-state index in [1.165, 1.54) is 11.8 Å². The molecule has 1 amide bonds. The van der Waals surface area contributed by atoms with Gasteiger partial charge < -0.3 is 18.9 Å². The molecule has 30 heavy (non-hydrogen) atoms. The topological polar surface area (TPSA) is 86.6 Å². The van der Waals surface area contributed by atoms with E-state index in [1.54, 1.807) is 28.5 Å². The number of ether oxygens (including phenoxy) is 2. The number of aromatic nitrogens is 3. The van der Waals surface area contributed by atoms with E-state index in [1.807, 2.05) is 19.2 Å². The van der Waals surface area contributed by atoms with Gasteiger partial charge in [0.2, 0.25) is 5.91 Å². The normalized spacial score (nSPS) is 16.4. The lowest BCUT2D eigenvalue weighted by molar-refractivity contribution is -0.151. The molecule has 1 aromatic heterocycles. The molecule has 0 spiro atoms. The van der Waals surface area contributed by atoms with Crippen LogP contribution < -0.4 is 4.74 Å². The summed E-state index contributed by atoms with van der Waals surface area (Å²) in [6, 6.07) is 7.22. The molecular formula is C20H25ClN4O4S. The van der Waals surface area contributed by atoms with Crippen LogP contribution in [0.2, 0.25) is 5.02 Å². The number of para-hydroxylation sites is 1. The van der Waals surface area contributed by atoms with Crippen molar-refractivity contribution in [2.45, 2.75) is 31.5 Å². The maximum absolute atomic E-state index is 12.6. The van der Waals surface area contributed by atoms with Crippen LogP contribution in [0.3, 0.4) is 0 Å². The maximum atomic E-state index is 12.6. The predicted octanol–water partition coefficient (Wildman–Crippen LogP) is 2.94. The molecule has 0 radical (unpaired) electrons. The number of likely N-dealkylation sites (tertiary alicyclic amines) is 1. The van der Waals surface area contributed by atoms with Crippen molar-refractivity contribution in [2.75, 3.05) is 25.4 Å². The van der Waals surface area contributed by atoms with E-state index in [9.17, 15) is 9.59 Å². The van der Waals surface area contributed by atoms with Gasteiger partial charge in [-0.05, 0) is 31.9 Å². The molecule has 2 heterocycles. The number of hydrogen-bond donors (Lipinski definition) is 0. The van der Waals surface area contributed by atoms with Gasteiger partial charge in [-0.2, -0.15) is 0 Å². The molecule has 1 aliphatic heterocycles. The molecule has 0 aliphatic carbocycles. The van der Waals surface area contributed by atoms with Gasteiger partial charge >= 0.3 is 5.97 Å². The second-order valence-electron chi connectivity index (χ2n) is 6.90. The summed E-state index contributed by atoms with van der Waals surface area (Å²) in [6.07, 6.45) is 1.56. The molecule has 0 unspecified atom stereocenters. The lowest BCUT2D eigenvalue weighted by Gasteiger charge is -2.31. The first-order chi connectivity index (χ1) is 14.5. The van der Waals surface area contributed by atoms with Gasteiger partial charge in [0.15, 0.2) is 11.0 Å². The Morgan fingerprint density at radius 1 is 1.30 bits per heavy atom. The Kier molecular flexibility index (Phi) is 7.98. The first kappa shape index (κ1) is 22.4. The lowest BCUT2D eigenvalue weighted by Crippen LogP contribution is -2.43. The van der Waals surface area contributed by atoms with Crippen LogP contribution in [0.15, 0.2) is 29.4 Å². The van der Waals surface area contributed by atoms with Gasteiger partial charge in [-0.1, -0.05) is 35.5 Å². The minimum Gasteiger partial charge on any atom is -0.484 e. The van der Waals surface area contributed by atoms with E-state index in [0.717, 1.165) is 12.8 Å². The number of nitrogens with zero attached hydrogens (tertiary/aromatic N) is 4. The van der Waals surface area contributed by atoms with Gasteiger partial charge in [-0.3, -0.25) is 9.59 Å². The molecule has 162 valence electrons. The molecule has 1 fully saturated rings. The number of esters is 1. The Hall–Kier alpha value is -2.26. The van der Waals surface area contributed by atoms with Crippen molar-refractivity contribution in [2.24, 2.45) is 13.0 Å². The zero-order chi connectivity index (χ0) is 21.5. The van der Waals surface area contributed by atoms with Crippen molar-refractivity contribution in [3.05, 3.63) is 35.1 Å². The largest absolute Gasteiger partial charge is 0.484 e. The zero-order valence-corrected chi connectivity index (χ0v) is 18.6. The van der Waals surface area contributed by atoms with Crippen molar-refractivity contribution in [3.63, 3.8) is 0 Å². The average molecular weight is 453 g/mol. The van der Waals surface area contributed by atoms with E-state index in [0.29, 0.717) is 41.4 Å². The quantitative estimate of drug-likeness (QED) is 0.449. The van der Waals surface area contributed by atoms with E-state index in [4.69, 9.17) is 21.1 Å². The summed E-state index contributed by atoms with van der Waals surface area (Å²) >= 11 is 7.41. The number of amides is 1. The fraction of sp³-hybridized carbons (Fsp3) is 0.500. The molecular weight excluding hydrogens is 428 g/mol. The monoisotopic (exact) mass is 452 g/mol. The predicted molar refractivity (Wildman–Crippen MR) is 113 cm³/mol. The molecule has 1 saturated heterocycles. The van der Waals surface area contributed by atoms with E-state index in [2.05, 4.69) is 10.2 Å². The fourth-order valence-corrected chi connectivity index (χ4v) is 4.20. The third-order valence-electron chi connectivity index (χ3n) is 4.84. The van der Waals surface area contributed by atoms with Gasteiger partial charge in [0.1, 0.15) is 12.4 Å². The molecule has 10 heteroatoms. The Morgan fingerprint density at radius 3 is 2.87 bits per heavy atom. The Bertz CT molecular complexity index is 891. The highest BCUT2D eigenvalue weighted by Crippen LogP contribution is 2.25. The van der Waals surface area contributed by atoms with Crippen LogP contribution in [0.4, 0.5) is 0 Å². The fourth-order valence-electron chi connectivity index (χ4n) is 3.17. The summed E-state index contributed by atoms with van der Waals surface area (Å²) < 4.78 is 12.6. The first-order valence-corrected chi connectivity index (χ1v) is 11.2. The van der Waals surface area contributed by atoms with Crippen LogP contribution in [-0.4, -0.2) is 57.0 Å². The number of carbonyl (C=O) groups excluding carboxylic acids is 2. The Morgan fingerprint density at radius 2 is 2.10 bits per heavy atom. The molecule has 1 atom stereocenters. The molecule has 1 aromatic carbocycles. The van der Waals surface area contributed by atoms with E-state index < -0.39 is 0 Å². The molecule has 8 nitrogen and oxygen atoms in total. The first-order valence-electron chi connectivity index (χ1n) is 9.82. The van der Waals surface area contributed by atoms with Crippen LogP contribution in [0.1, 0.15) is 25.6 Å². The van der Waals surface area contributed by atoms with Gasteiger partial charge in [0.05, 0.1) is 23.3 Å². The van der Waals surface area contributed by atoms with Crippen molar-refractivity contribution >= 4 is 35.2 Å². The van der Waals surface area contributed by atoms with E-state index in [-0.39, 0.29) is 30.2 Å². The van der Waals surface area contributed by atoms with Crippen molar-refractivity contribution in [1.29, 1.82) is 0 Å². The SMILES string of the molecule is CCOC(=O)[C@@H]1CCCN(C(=O)CSc2nnc(COc3ccccc3Cl)n2C)C1. The van der Waals surface area contributed by atoms with Crippen molar-refractivity contribution in [3.8, 4) is 5.75 Å². The van der Waals surface area contributed by atoms with Gasteiger partial charge in [0, 0.05) is 20.1 Å². The van der Waals surface area contributed by atoms with Crippen LogP contribution in [0.25, 0.3) is 0 Å². The average Bonchev–Trinajstić information content (AvgIpc) is 3.11. The summed E-state index contributed by atoms with van der Waals surface area (Å²) in [5.74, 6) is 0.950. The maximum Gasteiger partial charge on any atom is 0.310 e. The molecule has 1 aliphatic rings.